The Morgan fingerprint density at radius 2 is 1.97 bits per heavy atom. The highest BCUT2D eigenvalue weighted by atomic mass is 16.6. The van der Waals surface area contributed by atoms with Gasteiger partial charge in [-0.3, -0.25) is 9.69 Å². The molecule has 1 unspecified atom stereocenters. The molecule has 8 heteroatoms. The third kappa shape index (κ3) is 3.13. The van der Waals surface area contributed by atoms with Crippen LogP contribution < -0.4 is 5.56 Å². The topological polar surface area (TPSA) is 93.9 Å². The second kappa shape index (κ2) is 7.48. The summed E-state index contributed by atoms with van der Waals surface area (Å²) in [6.07, 6.45) is 0.131. The van der Waals surface area contributed by atoms with Gasteiger partial charge in [-0.05, 0) is 36.2 Å². The molecule has 33 heavy (non-hydrogen) atoms. The van der Waals surface area contributed by atoms with Crippen LogP contribution in [0.3, 0.4) is 0 Å². The SMILES string of the molecule is CCC1(O)C(=O)OCc2c1cc1n(c2=O)Cc2cc3cc(CN4CCOCC4)ccc3nc2-1. The summed E-state index contributed by atoms with van der Waals surface area (Å²) in [6.45, 7) is 6.26. The minimum Gasteiger partial charge on any atom is -0.458 e. The highest BCUT2D eigenvalue weighted by molar-refractivity contribution is 5.86. The summed E-state index contributed by atoms with van der Waals surface area (Å²) in [7, 11) is 0. The van der Waals surface area contributed by atoms with Crippen molar-refractivity contribution in [2.45, 2.75) is 38.6 Å². The van der Waals surface area contributed by atoms with Crippen molar-refractivity contribution in [3.05, 3.63) is 62.9 Å². The Balaban J connectivity index is 1.42. The first-order valence-corrected chi connectivity index (χ1v) is 11.4. The lowest BCUT2D eigenvalue weighted by Gasteiger charge is -2.31. The smallest absolute Gasteiger partial charge is 0.343 e. The first kappa shape index (κ1) is 20.5. The van der Waals surface area contributed by atoms with Crippen molar-refractivity contribution in [2.75, 3.05) is 26.3 Å². The van der Waals surface area contributed by atoms with E-state index >= 15 is 0 Å². The summed E-state index contributed by atoms with van der Waals surface area (Å²) >= 11 is 0. The van der Waals surface area contributed by atoms with Crippen molar-refractivity contribution >= 4 is 16.9 Å². The van der Waals surface area contributed by atoms with Gasteiger partial charge in [0, 0.05) is 36.1 Å². The first-order valence-electron chi connectivity index (χ1n) is 11.4. The van der Waals surface area contributed by atoms with Crippen LogP contribution in [0.5, 0.6) is 0 Å². The Morgan fingerprint density at radius 3 is 2.76 bits per heavy atom. The molecule has 3 aromatic rings. The van der Waals surface area contributed by atoms with Crippen LogP contribution in [0.1, 0.15) is 35.6 Å². The summed E-state index contributed by atoms with van der Waals surface area (Å²) < 4.78 is 12.2. The third-order valence-electron chi connectivity index (χ3n) is 7.08. The monoisotopic (exact) mass is 447 g/mol. The molecule has 6 rings (SSSR count). The average molecular weight is 447 g/mol. The van der Waals surface area contributed by atoms with E-state index in [-0.39, 0.29) is 18.6 Å². The molecule has 3 aliphatic heterocycles. The average Bonchev–Trinajstić information content (AvgIpc) is 3.19. The number of ether oxygens (including phenoxy) is 2. The molecule has 0 saturated carbocycles. The third-order valence-corrected chi connectivity index (χ3v) is 7.08. The molecule has 8 nitrogen and oxygen atoms in total. The molecule has 0 radical (unpaired) electrons. The Hall–Kier alpha value is -3.07. The maximum absolute atomic E-state index is 13.3. The molecule has 2 aromatic heterocycles. The van der Waals surface area contributed by atoms with Crippen LogP contribution in [0.4, 0.5) is 0 Å². The van der Waals surface area contributed by atoms with Crippen LogP contribution in [-0.2, 0) is 39.6 Å². The molecule has 1 saturated heterocycles. The molecule has 170 valence electrons. The van der Waals surface area contributed by atoms with Crippen molar-refractivity contribution in [1.82, 2.24) is 14.5 Å². The number of pyridine rings is 2. The van der Waals surface area contributed by atoms with E-state index in [4.69, 9.17) is 14.5 Å². The van der Waals surface area contributed by atoms with Crippen molar-refractivity contribution in [3.63, 3.8) is 0 Å². The summed E-state index contributed by atoms with van der Waals surface area (Å²) in [6, 6.07) is 10.1. The zero-order valence-electron chi connectivity index (χ0n) is 18.5. The Bertz CT molecular complexity index is 1360. The lowest BCUT2D eigenvalue weighted by atomic mass is 9.86. The maximum atomic E-state index is 13.3. The molecule has 0 bridgehead atoms. The fourth-order valence-electron chi connectivity index (χ4n) is 5.15. The summed E-state index contributed by atoms with van der Waals surface area (Å²) in [5.41, 5.74) is 3.02. The molecule has 5 heterocycles. The van der Waals surface area contributed by atoms with E-state index < -0.39 is 11.6 Å². The number of morpholine rings is 1. The van der Waals surface area contributed by atoms with E-state index in [1.54, 1.807) is 17.6 Å². The van der Waals surface area contributed by atoms with E-state index in [1.165, 1.54) is 5.56 Å². The molecule has 0 spiro atoms. The second-order valence-electron chi connectivity index (χ2n) is 9.01. The van der Waals surface area contributed by atoms with Crippen LogP contribution in [0, 0.1) is 0 Å². The first-order chi connectivity index (χ1) is 16.0. The van der Waals surface area contributed by atoms with Gasteiger partial charge in [-0.2, -0.15) is 0 Å². The Labute approximate surface area is 190 Å². The minimum atomic E-state index is -1.81. The predicted molar refractivity (Wildman–Crippen MR) is 121 cm³/mol. The number of cyclic esters (lactones) is 1. The number of aliphatic hydroxyl groups is 1. The van der Waals surface area contributed by atoms with E-state index in [1.807, 2.05) is 6.07 Å². The molecule has 0 aliphatic carbocycles. The van der Waals surface area contributed by atoms with E-state index in [9.17, 15) is 14.7 Å². The number of carbonyl (C=O) groups excluding carboxylic acids is 1. The molecule has 0 amide bonds. The molecule has 3 aliphatic rings. The summed E-state index contributed by atoms with van der Waals surface area (Å²) in [5.74, 6) is -0.709. The number of nitrogens with zero attached hydrogens (tertiary/aromatic N) is 3. The van der Waals surface area contributed by atoms with Gasteiger partial charge in [-0.25, -0.2) is 9.78 Å². The van der Waals surface area contributed by atoms with Crippen molar-refractivity contribution in [3.8, 4) is 11.4 Å². The number of benzene rings is 1. The van der Waals surface area contributed by atoms with E-state index in [2.05, 4.69) is 23.1 Å². The van der Waals surface area contributed by atoms with Gasteiger partial charge in [-0.15, -0.1) is 0 Å². The van der Waals surface area contributed by atoms with Crippen LogP contribution in [0.25, 0.3) is 22.3 Å². The molecule has 1 aromatic carbocycles. The van der Waals surface area contributed by atoms with E-state index in [0.717, 1.165) is 55.0 Å². The number of fused-ring (bicyclic) bond motifs is 5. The zero-order valence-corrected chi connectivity index (χ0v) is 18.5. The molecule has 1 N–H and O–H groups in total. The van der Waals surface area contributed by atoms with Gasteiger partial charge in [0.2, 0.25) is 0 Å². The number of hydrogen-bond donors (Lipinski definition) is 1. The van der Waals surface area contributed by atoms with E-state index in [0.29, 0.717) is 23.4 Å². The fourth-order valence-corrected chi connectivity index (χ4v) is 5.15. The number of aromatic nitrogens is 2. The van der Waals surface area contributed by atoms with Gasteiger partial charge >= 0.3 is 5.97 Å². The van der Waals surface area contributed by atoms with Gasteiger partial charge < -0.3 is 19.1 Å². The molecule has 1 fully saturated rings. The van der Waals surface area contributed by atoms with Crippen molar-refractivity contribution in [1.29, 1.82) is 0 Å². The Morgan fingerprint density at radius 1 is 1.15 bits per heavy atom. The number of esters is 1. The van der Waals surface area contributed by atoms with Gasteiger partial charge in [-0.1, -0.05) is 13.0 Å². The second-order valence-corrected chi connectivity index (χ2v) is 9.01. The summed E-state index contributed by atoms with van der Waals surface area (Å²) in [5, 5.41) is 12.0. The maximum Gasteiger partial charge on any atom is 0.343 e. The molecular weight excluding hydrogens is 422 g/mol. The van der Waals surface area contributed by atoms with Gasteiger partial charge in [0.25, 0.3) is 5.56 Å². The van der Waals surface area contributed by atoms with Crippen LogP contribution >= 0.6 is 0 Å². The zero-order chi connectivity index (χ0) is 22.7. The highest BCUT2D eigenvalue weighted by Gasteiger charge is 2.45. The van der Waals surface area contributed by atoms with Crippen LogP contribution in [0.2, 0.25) is 0 Å². The fraction of sp³-hybridized carbons (Fsp3) is 0.400. The summed E-state index contributed by atoms with van der Waals surface area (Å²) in [4.78, 5) is 32.8. The normalized spacial score (nSPS) is 22.1. The largest absolute Gasteiger partial charge is 0.458 e. The minimum absolute atomic E-state index is 0.119. The standard InChI is InChI=1S/C25H25N3O5/c1-2-25(31)19-11-21-22-17(13-28(21)23(29)18(19)14-33-24(25)30)10-16-9-15(3-4-20(16)26-22)12-27-5-7-32-8-6-27/h3-4,9-11,31H,2,5-8,12-14H2,1H3. The lowest BCUT2D eigenvalue weighted by Crippen LogP contribution is -2.44. The highest BCUT2D eigenvalue weighted by Crippen LogP contribution is 2.38. The van der Waals surface area contributed by atoms with Crippen LogP contribution in [0.15, 0.2) is 35.1 Å². The number of hydrogen-bond acceptors (Lipinski definition) is 7. The number of rotatable bonds is 3. The van der Waals surface area contributed by atoms with Crippen LogP contribution in [-0.4, -0.2) is 51.8 Å². The quantitative estimate of drug-likeness (QED) is 0.480. The molecule has 1 atom stereocenters. The molecular formula is C25H25N3O5. The van der Waals surface area contributed by atoms with Crippen molar-refractivity contribution < 1.29 is 19.4 Å². The predicted octanol–water partition coefficient (Wildman–Crippen LogP) is 1.91. The van der Waals surface area contributed by atoms with Crippen molar-refractivity contribution in [2.24, 2.45) is 0 Å². The lowest BCUT2D eigenvalue weighted by molar-refractivity contribution is -0.172. The van der Waals surface area contributed by atoms with Gasteiger partial charge in [0.1, 0.15) is 6.61 Å². The number of carbonyl (C=O) groups is 1. The van der Waals surface area contributed by atoms with Gasteiger partial charge in [0.15, 0.2) is 5.60 Å². The van der Waals surface area contributed by atoms with Gasteiger partial charge in [0.05, 0.1) is 42.2 Å². The Kier molecular flexibility index (Phi) is 4.65.